The van der Waals surface area contributed by atoms with Gasteiger partial charge in [0, 0.05) is 18.8 Å². The van der Waals surface area contributed by atoms with Crippen LogP contribution in [0.2, 0.25) is 0 Å². The smallest absolute Gasteiger partial charge is 0.0845 e. The summed E-state index contributed by atoms with van der Waals surface area (Å²) in [6.45, 7) is 0. The van der Waals surface area contributed by atoms with Gasteiger partial charge in [0.25, 0.3) is 0 Å². The molecule has 1 N–H and O–H groups in total. The van der Waals surface area contributed by atoms with Crippen LogP contribution in [0.25, 0.3) is 0 Å². The molecule has 1 aromatic heterocycles. The monoisotopic (exact) mass is 199 g/mol. The van der Waals surface area contributed by atoms with Crippen LogP contribution in [0.3, 0.4) is 0 Å². The van der Waals surface area contributed by atoms with E-state index in [4.69, 9.17) is 0 Å². The van der Waals surface area contributed by atoms with Crippen molar-refractivity contribution in [1.29, 1.82) is 0 Å². The number of nitrogens with zero attached hydrogens (tertiary/aromatic N) is 1. The fourth-order valence-corrected chi connectivity index (χ4v) is 1.53. The number of aromatic nitrogens is 1. The van der Waals surface area contributed by atoms with Crippen molar-refractivity contribution < 1.29 is 5.11 Å². The van der Waals surface area contributed by atoms with E-state index in [2.05, 4.69) is 4.98 Å². The Morgan fingerprint density at radius 1 is 1.07 bits per heavy atom. The van der Waals surface area contributed by atoms with E-state index >= 15 is 0 Å². The van der Waals surface area contributed by atoms with E-state index in [0.29, 0.717) is 6.42 Å². The van der Waals surface area contributed by atoms with Gasteiger partial charge in [-0.1, -0.05) is 36.4 Å². The van der Waals surface area contributed by atoms with Gasteiger partial charge in [0.2, 0.25) is 0 Å². The molecule has 0 fully saturated rings. The van der Waals surface area contributed by atoms with Crippen molar-refractivity contribution in [3.05, 3.63) is 66.0 Å². The van der Waals surface area contributed by atoms with Crippen molar-refractivity contribution in [2.75, 3.05) is 0 Å². The largest absolute Gasteiger partial charge is 0.388 e. The zero-order chi connectivity index (χ0) is 10.5. The standard InChI is InChI=1S/C13H13NO/c15-13(12-7-4-8-14-10-12)9-11-5-2-1-3-6-11/h1-8,10,13,15H,9H2/t13-/m0/s1. The van der Waals surface area contributed by atoms with Crippen molar-refractivity contribution in [1.82, 2.24) is 4.98 Å². The van der Waals surface area contributed by atoms with Crippen molar-refractivity contribution >= 4 is 0 Å². The molecule has 1 atom stereocenters. The SMILES string of the molecule is O[C@@H](Cc1ccccc1)c1cccnc1. The second-order valence-electron chi connectivity index (χ2n) is 3.49. The van der Waals surface area contributed by atoms with Crippen LogP contribution >= 0.6 is 0 Å². The minimum Gasteiger partial charge on any atom is -0.388 e. The van der Waals surface area contributed by atoms with Crippen LogP contribution in [0.4, 0.5) is 0 Å². The lowest BCUT2D eigenvalue weighted by molar-refractivity contribution is 0.178. The first-order valence-corrected chi connectivity index (χ1v) is 4.98. The molecule has 76 valence electrons. The summed E-state index contributed by atoms with van der Waals surface area (Å²) in [5, 5.41) is 9.93. The summed E-state index contributed by atoms with van der Waals surface area (Å²) in [6, 6.07) is 13.7. The van der Waals surface area contributed by atoms with Crippen LogP contribution in [0.5, 0.6) is 0 Å². The maximum atomic E-state index is 9.93. The fourth-order valence-electron chi connectivity index (χ4n) is 1.53. The summed E-state index contributed by atoms with van der Waals surface area (Å²) in [4.78, 5) is 3.99. The molecule has 0 amide bonds. The lowest BCUT2D eigenvalue weighted by atomic mass is 10.0. The third-order valence-electron chi connectivity index (χ3n) is 2.34. The molecule has 2 rings (SSSR count). The van der Waals surface area contributed by atoms with Gasteiger partial charge in [0.1, 0.15) is 0 Å². The average Bonchev–Trinajstić information content (AvgIpc) is 2.31. The molecule has 0 radical (unpaired) electrons. The van der Waals surface area contributed by atoms with E-state index in [1.54, 1.807) is 12.4 Å². The molecule has 2 heteroatoms. The number of aliphatic hydroxyl groups excluding tert-OH is 1. The minimum absolute atomic E-state index is 0.471. The van der Waals surface area contributed by atoms with Crippen LogP contribution in [0, 0.1) is 0 Å². The zero-order valence-corrected chi connectivity index (χ0v) is 8.38. The summed E-state index contributed by atoms with van der Waals surface area (Å²) in [5.74, 6) is 0. The average molecular weight is 199 g/mol. The predicted octanol–water partition coefficient (Wildman–Crippen LogP) is 2.36. The highest BCUT2D eigenvalue weighted by Gasteiger charge is 2.07. The Kier molecular flexibility index (Phi) is 3.10. The first-order valence-electron chi connectivity index (χ1n) is 4.98. The normalized spacial score (nSPS) is 12.3. The first kappa shape index (κ1) is 9.87. The molecule has 0 saturated heterocycles. The topological polar surface area (TPSA) is 33.1 Å². The summed E-state index contributed by atoms with van der Waals surface area (Å²) < 4.78 is 0. The number of hydrogen-bond donors (Lipinski definition) is 1. The zero-order valence-electron chi connectivity index (χ0n) is 8.38. The Balaban J connectivity index is 2.08. The van der Waals surface area contributed by atoms with Crippen LogP contribution in [0.1, 0.15) is 17.2 Å². The molecule has 1 aromatic carbocycles. The molecule has 0 aliphatic rings. The van der Waals surface area contributed by atoms with E-state index in [1.165, 1.54) is 0 Å². The molecule has 15 heavy (non-hydrogen) atoms. The Morgan fingerprint density at radius 2 is 1.87 bits per heavy atom. The molecule has 0 unspecified atom stereocenters. The molecule has 0 spiro atoms. The van der Waals surface area contributed by atoms with Gasteiger partial charge in [-0.05, 0) is 17.2 Å². The maximum Gasteiger partial charge on any atom is 0.0845 e. The molecule has 0 bridgehead atoms. The van der Waals surface area contributed by atoms with Crippen LogP contribution in [-0.4, -0.2) is 10.1 Å². The van der Waals surface area contributed by atoms with E-state index in [1.807, 2.05) is 42.5 Å². The summed E-state index contributed by atoms with van der Waals surface area (Å²) >= 11 is 0. The Labute approximate surface area is 89.2 Å². The second kappa shape index (κ2) is 4.71. The van der Waals surface area contributed by atoms with E-state index in [9.17, 15) is 5.11 Å². The number of pyridine rings is 1. The molecular formula is C13H13NO. The molecular weight excluding hydrogens is 186 g/mol. The van der Waals surface area contributed by atoms with Gasteiger partial charge >= 0.3 is 0 Å². The van der Waals surface area contributed by atoms with Crippen LogP contribution < -0.4 is 0 Å². The van der Waals surface area contributed by atoms with Gasteiger partial charge in [-0.3, -0.25) is 4.98 Å². The highest BCUT2D eigenvalue weighted by molar-refractivity contribution is 5.19. The molecule has 2 nitrogen and oxygen atoms in total. The van der Waals surface area contributed by atoms with Crippen molar-refractivity contribution in [2.24, 2.45) is 0 Å². The quantitative estimate of drug-likeness (QED) is 0.823. The van der Waals surface area contributed by atoms with Gasteiger partial charge < -0.3 is 5.11 Å². The minimum atomic E-state index is -0.471. The summed E-state index contributed by atoms with van der Waals surface area (Å²) in [7, 11) is 0. The van der Waals surface area contributed by atoms with Gasteiger partial charge in [-0.2, -0.15) is 0 Å². The van der Waals surface area contributed by atoms with E-state index < -0.39 is 6.10 Å². The van der Waals surface area contributed by atoms with Crippen LogP contribution in [0.15, 0.2) is 54.9 Å². The van der Waals surface area contributed by atoms with Gasteiger partial charge in [0.15, 0.2) is 0 Å². The lowest BCUT2D eigenvalue weighted by Gasteiger charge is -2.09. The maximum absolute atomic E-state index is 9.93. The Hall–Kier alpha value is -1.67. The Morgan fingerprint density at radius 3 is 2.53 bits per heavy atom. The summed E-state index contributed by atoms with van der Waals surface area (Å²) in [5.41, 5.74) is 2.00. The Bertz CT molecular complexity index is 399. The first-order chi connectivity index (χ1) is 7.36. The van der Waals surface area contributed by atoms with Crippen molar-refractivity contribution in [3.8, 4) is 0 Å². The van der Waals surface area contributed by atoms with Crippen molar-refractivity contribution in [3.63, 3.8) is 0 Å². The van der Waals surface area contributed by atoms with E-state index in [-0.39, 0.29) is 0 Å². The number of benzene rings is 1. The molecule has 1 heterocycles. The fraction of sp³-hybridized carbons (Fsp3) is 0.154. The predicted molar refractivity (Wildman–Crippen MR) is 59.3 cm³/mol. The highest BCUT2D eigenvalue weighted by atomic mass is 16.3. The molecule has 2 aromatic rings. The van der Waals surface area contributed by atoms with Gasteiger partial charge in [0.05, 0.1) is 6.10 Å². The van der Waals surface area contributed by atoms with E-state index in [0.717, 1.165) is 11.1 Å². The van der Waals surface area contributed by atoms with Gasteiger partial charge in [-0.15, -0.1) is 0 Å². The molecule has 0 aliphatic heterocycles. The number of rotatable bonds is 3. The molecule has 0 aliphatic carbocycles. The third kappa shape index (κ3) is 2.64. The summed E-state index contributed by atoms with van der Waals surface area (Å²) in [6.07, 6.45) is 3.57. The molecule has 0 saturated carbocycles. The third-order valence-corrected chi connectivity index (χ3v) is 2.34. The number of aliphatic hydroxyl groups is 1. The number of hydrogen-bond acceptors (Lipinski definition) is 2. The lowest BCUT2D eigenvalue weighted by Crippen LogP contribution is -2.01. The van der Waals surface area contributed by atoms with Crippen LogP contribution in [-0.2, 0) is 6.42 Å². The second-order valence-corrected chi connectivity index (χ2v) is 3.49. The van der Waals surface area contributed by atoms with Crippen molar-refractivity contribution in [2.45, 2.75) is 12.5 Å². The van der Waals surface area contributed by atoms with Gasteiger partial charge in [-0.25, -0.2) is 0 Å². The highest BCUT2D eigenvalue weighted by Crippen LogP contribution is 2.16.